The third kappa shape index (κ3) is 3.12. The Hall–Kier alpha value is -1.77. The smallest absolute Gasteiger partial charge is 0.161 e. The molecule has 1 aromatic rings. The average molecular weight is 220 g/mol. The molecular formula is C13H16O3. The summed E-state index contributed by atoms with van der Waals surface area (Å²) < 4.78 is 10.7. The van der Waals surface area contributed by atoms with Crippen LogP contribution >= 0.6 is 0 Å². The molecule has 0 aliphatic heterocycles. The molecule has 1 rings (SSSR count). The molecule has 0 N–H and O–H groups in total. The Morgan fingerprint density at radius 3 is 2.75 bits per heavy atom. The SMILES string of the molecule is C=CCCOc1ccc(C(C)=O)cc1OC. The largest absolute Gasteiger partial charge is 0.493 e. The lowest BCUT2D eigenvalue weighted by molar-refractivity contribution is 0.101. The van der Waals surface area contributed by atoms with Gasteiger partial charge in [0.15, 0.2) is 17.3 Å². The van der Waals surface area contributed by atoms with E-state index in [2.05, 4.69) is 6.58 Å². The molecule has 0 fully saturated rings. The van der Waals surface area contributed by atoms with Crippen LogP contribution in [0.3, 0.4) is 0 Å². The van der Waals surface area contributed by atoms with Crippen LogP contribution in [0, 0.1) is 0 Å². The van der Waals surface area contributed by atoms with Crippen LogP contribution in [0.15, 0.2) is 30.9 Å². The molecule has 0 aromatic heterocycles. The number of benzene rings is 1. The highest BCUT2D eigenvalue weighted by Crippen LogP contribution is 2.28. The zero-order valence-corrected chi connectivity index (χ0v) is 9.66. The minimum absolute atomic E-state index is 0.0101. The molecule has 0 saturated carbocycles. The molecule has 0 radical (unpaired) electrons. The quantitative estimate of drug-likeness (QED) is 0.420. The molecule has 0 aliphatic carbocycles. The Morgan fingerprint density at radius 2 is 2.19 bits per heavy atom. The van der Waals surface area contributed by atoms with Gasteiger partial charge in [-0.2, -0.15) is 0 Å². The van der Waals surface area contributed by atoms with Crippen LogP contribution in [0.4, 0.5) is 0 Å². The van der Waals surface area contributed by atoms with Crippen molar-refractivity contribution >= 4 is 5.78 Å². The van der Waals surface area contributed by atoms with Crippen molar-refractivity contribution < 1.29 is 14.3 Å². The van der Waals surface area contributed by atoms with Crippen LogP contribution in [0.1, 0.15) is 23.7 Å². The van der Waals surface area contributed by atoms with E-state index in [9.17, 15) is 4.79 Å². The lowest BCUT2D eigenvalue weighted by Crippen LogP contribution is -2.00. The Balaban J connectivity index is 2.84. The van der Waals surface area contributed by atoms with Crippen molar-refractivity contribution in [2.45, 2.75) is 13.3 Å². The number of methoxy groups -OCH3 is 1. The molecule has 0 bridgehead atoms. The first-order chi connectivity index (χ1) is 7.69. The van der Waals surface area contributed by atoms with Crippen molar-refractivity contribution in [2.75, 3.05) is 13.7 Å². The lowest BCUT2D eigenvalue weighted by atomic mass is 10.1. The molecule has 0 aliphatic rings. The summed E-state index contributed by atoms with van der Waals surface area (Å²) in [6.45, 7) is 5.69. The molecule has 0 spiro atoms. The number of ketones is 1. The molecule has 0 saturated heterocycles. The zero-order chi connectivity index (χ0) is 12.0. The molecule has 86 valence electrons. The number of ether oxygens (including phenoxy) is 2. The van der Waals surface area contributed by atoms with E-state index in [0.29, 0.717) is 23.7 Å². The maximum atomic E-state index is 11.2. The van der Waals surface area contributed by atoms with Gasteiger partial charge in [-0.3, -0.25) is 4.79 Å². The van der Waals surface area contributed by atoms with Gasteiger partial charge in [0, 0.05) is 5.56 Å². The molecule has 3 heteroatoms. The Kier molecular flexibility index (Phi) is 4.58. The number of rotatable bonds is 6. The van der Waals surface area contributed by atoms with Crippen LogP contribution in [-0.4, -0.2) is 19.5 Å². The van der Waals surface area contributed by atoms with E-state index in [0.717, 1.165) is 6.42 Å². The molecule has 16 heavy (non-hydrogen) atoms. The van der Waals surface area contributed by atoms with Crippen molar-refractivity contribution in [3.63, 3.8) is 0 Å². The van der Waals surface area contributed by atoms with Gasteiger partial charge in [0.05, 0.1) is 13.7 Å². The summed E-state index contributed by atoms with van der Waals surface area (Å²) in [6.07, 6.45) is 2.56. The lowest BCUT2D eigenvalue weighted by Gasteiger charge is -2.10. The van der Waals surface area contributed by atoms with Gasteiger partial charge in [-0.05, 0) is 31.5 Å². The van der Waals surface area contributed by atoms with Crippen molar-refractivity contribution in [3.05, 3.63) is 36.4 Å². The standard InChI is InChI=1S/C13H16O3/c1-4-5-8-16-12-7-6-11(10(2)14)9-13(12)15-3/h4,6-7,9H,1,5,8H2,2-3H3. The van der Waals surface area contributed by atoms with E-state index in [-0.39, 0.29) is 5.78 Å². The number of carbonyl (C=O) groups excluding carboxylic acids is 1. The topological polar surface area (TPSA) is 35.5 Å². The molecule has 3 nitrogen and oxygen atoms in total. The summed E-state index contributed by atoms with van der Waals surface area (Å²) in [6, 6.07) is 5.17. The highest BCUT2D eigenvalue weighted by Gasteiger charge is 2.07. The van der Waals surface area contributed by atoms with E-state index < -0.39 is 0 Å². The maximum Gasteiger partial charge on any atom is 0.161 e. The first kappa shape index (κ1) is 12.3. The van der Waals surface area contributed by atoms with Crippen LogP contribution < -0.4 is 9.47 Å². The first-order valence-electron chi connectivity index (χ1n) is 5.11. The second-order valence-corrected chi connectivity index (χ2v) is 3.35. The first-order valence-corrected chi connectivity index (χ1v) is 5.11. The number of hydrogen-bond donors (Lipinski definition) is 0. The van der Waals surface area contributed by atoms with Gasteiger partial charge in [0.25, 0.3) is 0 Å². The van der Waals surface area contributed by atoms with E-state index in [1.54, 1.807) is 31.4 Å². The fourth-order valence-corrected chi connectivity index (χ4v) is 1.26. The summed E-state index contributed by atoms with van der Waals surface area (Å²) in [4.78, 5) is 11.2. The fourth-order valence-electron chi connectivity index (χ4n) is 1.26. The summed E-state index contributed by atoms with van der Waals surface area (Å²) in [5.74, 6) is 1.24. The van der Waals surface area contributed by atoms with Crippen LogP contribution in [0.25, 0.3) is 0 Å². The Bertz CT molecular complexity index is 383. The van der Waals surface area contributed by atoms with E-state index >= 15 is 0 Å². The number of hydrogen-bond acceptors (Lipinski definition) is 3. The van der Waals surface area contributed by atoms with Crippen LogP contribution in [0.5, 0.6) is 11.5 Å². The summed E-state index contributed by atoms with van der Waals surface area (Å²) in [7, 11) is 1.56. The second kappa shape index (κ2) is 5.95. The predicted molar refractivity (Wildman–Crippen MR) is 63.3 cm³/mol. The van der Waals surface area contributed by atoms with Crippen molar-refractivity contribution in [1.82, 2.24) is 0 Å². The molecule has 1 aromatic carbocycles. The molecular weight excluding hydrogens is 204 g/mol. The summed E-state index contributed by atoms with van der Waals surface area (Å²) >= 11 is 0. The minimum Gasteiger partial charge on any atom is -0.493 e. The van der Waals surface area contributed by atoms with Crippen molar-refractivity contribution in [2.24, 2.45) is 0 Å². The second-order valence-electron chi connectivity index (χ2n) is 3.35. The van der Waals surface area contributed by atoms with E-state index in [4.69, 9.17) is 9.47 Å². The normalized spacial score (nSPS) is 9.62. The van der Waals surface area contributed by atoms with Crippen molar-refractivity contribution in [3.8, 4) is 11.5 Å². The molecule has 0 atom stereocenters. The highest BCUT2D eigenvalue weighted by atomic mass is 16.5. The van der Waals surface area contributed by atoms with Gasteiger partial charge >= 0.3 is 0 Å². The fraction of sp³-hybridized carbons (Fsp3) is 0.308. The summed E-state index contributed by atoms with van der Waals surface area (Å²) in [5, 5.41) is 0. The maximum absolute atomic E-state index is 11.2. The van der Waals surface area contributed by atoms with Gasteiger partial charge in [0.1, 0.15) is 0 Å². The number of Topliss-reactive ketones (excluding diaryl/α,β-unsaturated/α-hetero) is 1. The van der Waals surface area contributed by atoms with Gasteiger partial charge < -0.3 is 9.47 Å². The van der Waals surface area contributed by atoms with Crippen LogP contribution in [-0.2, 0) is 0 Å². The number of carbonyl (C=O) groups is 1. The third-order valence-corrected chi connectivity index (χ3v) is 2.15. The van der Waals surface area contributed by atoms with E-state index in [1.807, 2.05) is 0 Å². The van der Waals surface area contributed by atoms with Crippen LogP contribution in [0.2, 0.25) is 0 Å². The van der Waals surface area contributed by atoms with Gasteiger partial charge in [-0.1, -0.05) is 6.08 Å². The zero-order valence-electron chi connectivity index (χ0n) is 9.66. The van der Waals surface area contributed by atoms with Gasteiger partial charge in [-0.25, -0.2) is 0 Å². The van der Waals surface area contributed by atoms with E-state index in [1.165, 1.54) is 6.92 Å². The minimum atomic E-state index is 0.0101. The predicted octanol–water partition coefficient (Wildman–Crippen LogP) is 2.85. The third-order valence-electron chi connectivity index (χ3n) is 2.15. The van der Waals surface area contributed by atoms with Gasteiger partial charge in [-0.15, -0.1) is 6.58 Å². The molecule has 0 amide bonds. The monoisotopic (exact) mass is 220 g/mol. The molecule has 0 heterocycles. The average Bonchev–Trinajstić information content (AvgIpc) is 2.29. The Morgan fingerprint density at radius 1 is 1.44 bits per heavy atom. The highest BCUT2D eigenvalue weighted by molar-refractivity contribution is 5.94. The summed E-state index contributed by atoms with van der Waals surface area (Å²) in [5.41, 5.74) is 0.618. The van der Waals surface area contributed by atoms with Gasteiger partial charge in [0.2, 0.25) is 0 Å². The van der Waals surface area contributed by atoms with Crippen molar-refractivity contribution in [1.29, 1.82) is 0 Å². The molecule has 0 unspecified atom stereocenters. The Labute approximate surface area is 95.7 Å².